The normalized spacial score (nSPS) is 15.2. The van der Waals surface area contributed by atoms with E-state index in [-0.39, 0.29) is 0 Å². The molecule has 3 rings (SSSR count). The number of furan rings is 1. The van der Waals surface area contributed by atoms with Gasteiger partial charge in [0.1, 0.15) is 11.4 Å². The molecule has 0 fully saturated rings. The molecule has 3 nitrogen and oxygen atoms in total. The Morgan fingerprint density at radius 1 is 1.44 bits per heavy atom. The molecule has 0 spiro atoms. The molecule has 82 valence electrons. The van der Waals surface area contributed by atoms with Gasteiger partial charge in [-0.1, -0.05) is 18.2 Å². The van der Waals surface area contributed by atoms with Gasteiger partial charge >= 0.3 is 0 Å². The summed E-state index contributed by atoms with van der Waals surface area (Å²) < 4.78 is 5.61. The number of rotatable bonds is 2. The summed E-state index contributed by atoms with van der Waals surface area (Å²) in [6.07, 6.45) is 2.66. The van der Waals surface area contributed by atoms with Crippen LogP contribution >= 0.6 is 0 Å². The fraction of sp³-hybridized carbons (Fsp3) is 0.308. The molecule has 0 radical (unpaired) electrons. The smallest absolute Gasteiger partial charge is 0.137 e. The maximum Gasteiger partial charge on any atom is 0.137 e. The van der Waals surface area contributed by atoms with Gasteiger partial charge in [0.25, 0.3) is 0 Å². The number of hydrogen-bond donors (Lipinski definition) is 1. The number of nitrogens with zero attached hydrogens (tertiary/aromatic N) is 1. The fourth-order valence-electron chi connectivity index (χ4n) is 2.13. The SMILES string of the molecule is Cc1coc2c(CC3=NCCN3)cccc12. The summed E-state index contributed by atoms with van der Waals surface area (Å²) in [6.45, 7) is 3.92. The molecule has 0 saturated carbocycles. The first-order valence-electron chi connectivity index (χ1n) is 5.57. The van der Waals surface area contributed by atoms with Gasteiger partial charge in [0.2, 0.25) is 0 Å². The fourth-order valence-corrected chi connectivity index (χ4v) is 2.13. The minimum Gasteiger partial charge on any atom is -0.464 e. The van der Waals surface area contributed by atoms with Crippen LogP contribution in [0.15, 0.2) is 33.9 Å². The molecular weight excluding hydrogens is 200 g/mol. The summed E-state index contributed by atoms with van der Waals surface area (Å²) in [5.41, 5.74) is 3.40. The Balaban J connectivity index is 2.02. The highest BCUT2D eigenvalue weighted by molar-refractivity contribution is 5.91. The van der Waals surface area contributed by atoms with Gasteiger partial charge in [-0.2, -0.15) is 0 Å². The molecule has 1 aromatic carbocycles. The number of aliphatic imine (C=N–C) groups is 1. The number of hydrogen-bond acceptors (Lipinski definition) is 3. The Labute approximate surface area is 94.2 Å². The maximum absolute atomic E-state index is 5.61. The number of para-hydroxylation sites is 1. The zero-order valence-electron chi connectivity index (χ0n) is 9.29. The largest absolute Gasteiger partial charge is 0.464 e. The van der Waals surface area contributed by atoms with E-state index in [2.05, 4.69) is 35.4 Å². The summed E-state index contributed by atoms with van der Waals surface area (Å²) in [6, 6.07) is 6.28. The highest BCUT2D eigenvalue weighted by atomic mass is 16.3. The zero-order valence-corrected chi connectivity index (χ0v) is 9.29. The van der Waals surface area contributed by atoms with Crippen LogP contribution in [0.5, 0.6) is 0 Å². The van der Waals surface area contributed by atoms with E-state index in [1.807, 2.05) is 6.26 Å². The highest BCUT2D eigenvalue weighted by Crippen LogP contribution is 2.24. The molecule has 1 N–H and O–H groups in total. The molecule has 3 heteroatoms. The molecule has 1 aliphatic heterocycles. The molecule has 0 bridgehead atoms. The second kappa shape index (κ2) is 3.67. The molecule has 16 heavy (non-hydrogen) atoms. The van der Waals surface area contributed by atoms with Crippen LogP contribution in [0.4, 0.5) is 0 Å². The number of aryl methyl sites for hydroxylation is 1. The summed E-state index contributed by atoms with van der Waals surface area (Å²) in [7, 11) is 0. The standard InChI is InChI=1S/C13H14N2O/c1-9-8-16-13-10(3-2-4-11(9)13)7-12-14-5-6-15-12/h2-4,8H,5-7H2,1H3,(H,14,15). The van der Waals surface area contributed by atoms with E-state index in [1.54, 1.807) is 0 Å². The van der Waals surface area contributed by atoms with Crippen LogP contribution in [0.25, 0.3) is 11.0 Å². The lowest BCUT2D eigenvalue weighted by molar-refractivity contribution is 0.609. The average molecular weight is 214 g/mol. The van der Waals surface area contributed by atoms with Crippen molar-refractivity contribution in [3.05, 3.63) is 35.6 Å². The van der Waals surface area contributed by atoms with E-state index < -0.39 is 0 Å². The Morgan fingerprint density at radius 3 is 3.19 bits per heavy atom. The number of nitrogens with one attached hydrogen (secondary N) is 1. The third-order valence-corrected chi connectivity index (χ3v) is 2.98. The Kier molecular flexibility index (Phi) is 2.17. The van der Waals surface area contributed by atoms with Crippen molar-refractivity contribution in [3.63, 3.8) is 0 Å². The lowest BCUT2D eigenvalue weighted by Gasteiger charge is -2.03. The third-order valence-electron chi connectivity index (χ3n) is 2.98. The first kappa shape index (κ1) is 9.46. The Bertz CT molecular complexity index is 554. The second-order valence-corrected chi connectivity index (χ2v) is 4.14. The topological polar surface area (TPSA) is 37.5 Å². The van der Waals surface area contributed by atoms with Gasteiger partial charge in [0.15, 0.2) is 0 Å². The van der Waals surface area contributed by atoms with Crippen LogP contribution in [-0.4, -0.2) is 18.9 Å². The van der Waals surface area contributed by atoms with Crippen molar-refractivity contribution >= 4 is 16.8 Å². The van der Waals surface area contributed by atoms with Crippen molar-refractivity contribution < 1.29 is 4.42 Å². The van der Waals surface area contributed by atoms with Gasteiger partial charge in [-0.05, 0) is 12.5 Å². The summed E-state index contributed by atoms with van der Waals surface area (Å²) in [4.78, 5) is 4.41. The van der Waals surface area contributed by atoms with Crippen molar-refractivity contribution in [1.29, 1.82) is 0 Å². The quantitative estimate of drug-likeness (QED) is 0.832. The van der Waals surface area contributed by atoms with Gasteiger partial charge in [-0.25, -0.2) is 0 Å². The minimum atomic E-state index is 0.838. The number of amidine groups is 1. The van der Waals surface area contributed by atoms with Gasteiger partial charge in [-0.3, -0.25) is 4.99 Å². The van der Waals surface area contributed by atoms with Crippen LogP contribution < -0.4 is 5.32 Å². The number of fused-ring (bicyclic) bond motifs is 1. The van der Waals surface area contributed by atoms with Crippen LogP contribution in [-0.2, 0) is 6.42 Å². The van der Waals surface area contributed by atoms with Crippen molar-refractivity contribution in [2.75, 3.05) is 13.1 Å². The van der Waals surface area contributed by atoms with Crippen molar-refractivity contribution in [3.8, 4) is 0 Å². The van der Waals surface area contributed by atoms with Crippen LogP contribution in [0.1, 0.15) is 11.1 Å². The van der Waals surface area contributed by atoms with Crippen LogP contribution in [0.2, 0.25) is 0 Å². The predicted molar refractivity (Wildman–Crippen MR) is 65.0 cm³/mol. The first-order chi connectivity index (χ1) is 7.84. The molecule has 0 aliphatic carbocycles. The van der Waals surface area contributed by atoms with E-state index in [4.69, 9.17) is 4.42 Å². The van der Waals surface area contributed by atoms with Crippen molar-refractivity contribution in [2.45, 2.75) is 13.3 Å². The summed E-state index contributed by atoms with van der Waals surface area (Å²) in [5, 5.41) is 4.49. The monoisotopic (exact) mass is 214 g/mol. The predicted octanol–water partition coefficient (Wildman–Crippen LogP) is 2.29. The van der Waals surface area contributed by atoms with E-state index >= 15 is 0 Å². The van der Waals surface area contributed by atoms with Crippen LogP contribution in [0, 0.1) is 6.92 Å². The van der Waals surface area contributed by atoms with Gasteiger partial charge < -0.3 is 9.73 Å². The molecule has 1 aromatic heterocycles. The second-order valence-electron chi connectivity index (χ2n) is 4.14. The zero-order chi connectivity index (χ0) is 11.0. The minimum absolute atomic E-state index is 0.838. The highest BCUT2D eigenvalue weighted by Gasteiger charge is 2.11. The average Bonchev–Trinajstić information content (AvgIpc) is 2.90. The molecule has 1 aliphatic rings. The molecule has 0 amide bonds. The van der Waals surface area contributed by atoms with Gasteiger partial charge in [0.05, 0.1) is 12.8 Å². The lowest BCUT2D eigenvalue weighted by atomic mass is 10.1. The van der Waals surface area contributed by atoms with Gasteiger partial charge in [-0.15, -0.1) is 0 Å². The Morgan fingerprint density at radius 2 is 2.38 bits per heavy atom. The number of benzene rings is 1. The van der Waals surface area contributed by atoms with E-state index in [0.717, 1.165) is 30.9 Å². The molecule has 0 saturated heterocycles. The summed E-state index contributed by atoms with van der Waals surface area (Å²) >= 11 is 0. The van der Waals surface area contributed by atoms with E-state index in [0.29, 0.717) is 0 Å². The van der Waals surface area contributed by atoms with Crippen molar-refractivity contribution in [2.24, 2.45) is 4.99 Å². The molecule has 0 atom stereocenters. The molecule has 0 unspecified atom stereocenters. The van der Waals surface area contributed by atoms with Crippen LogP contribution in [0.3, 0.4) is 0 Å². The van der Waals surface area contributed by atoms with Crippen molar-refractivity contribution in [1.82, 2.24) is 5.32 Å². The van der Waals surface area contributed by atoms with E-state index in [9.17, 15) is 0 Å². The van der Waals surface area contributed by atoms with Gasteiger partial charge in [0, 0.05) is 23.9 Å². The molecule has 2 aromatic rings. The lowest BCUT2D eigenvalue weighted by Crippen LogP contribution is -2.20. The molecular formula is C13H14N2O. The maximum atomic E-state index is 5.61. The third kappa shape index (κ3) is 1.48. The summed E-state index contributed by atoms with van der Waals surface area (Å²) in [5.74, 6) is 1.07. The molecule has 2 heterocycles. The Hall–Kier alpha value is -1.77. The first-order valence-corrected chi connectivity index (χ1v) is 5.57. The van der Waals surface area contributed by atoms with E-state index in [1.165, 1.54) is 16.5 Å².